The first-order valence-corrected chi connectivity index (χ1v) is 9.01. The molecule has 1 aliphatic heterocycles. The second kappa shape index (κ2) is 6.89. The van der Waals surface area contributed by atoms with Crippen LogP contribution in [0.4, 0.5) is 0 Å². The minimum atomic E-state index is 0.279. The number of halogens is 1. The zero-order chi connectivity index (χ0) is 14.7. The van der Waals surface area contributed by atoms with Crippen molar-refractivity contribution in [2.24, 2.45) is 11.8 Å². The van der Waals surface area contributed by atoms with Crippen LogP contribution >= 0.6 is 23.4 Å². The van der Waals surface area contributed by atoms with E-state index in [1.54, 1.807) is 11.8 Å². The number of nitrogens with zero attached hydrogens (tertiary/aromatic N) is 1. The standard InChI is InChI=1S/C17H20ClNOS/c18-16-8-4-3-7-15(16)11-21-12-17(20)19-9-13-5-1-2-6-14(13)10-19/h1-4,7-8,13-14H,5-6,9-12H2/t13-,14+. The van der Waals surface area contributed by atoms with Crippen LogP contribution in [-0.2, 0) is 10.5 Å². The molecular formula is C17H20ClNOS. The third kappa shape index (κ3) is 3.64. The molecule has 0 spiro atoms. The minimum Gasteiger partial charge on any atom is -0.341 e. The van der Waals surface area contributed by atoms with Gasteiger partial charge in [0.15, 0.2) is 0 Å². The third-order valence-corrected chi connectivity index (χ3v) is 5.75. The average Bonchev–Trinajstić information content (AvgIpc) is 2.93. The molecule has 0 radical (unpaired) electrons. The fourth-order valence-electron chi connectivity index (χ4n) is 3.17. The first kappa shape index (κ1) is 15.0. The number of rotatable bonds is 4. The van der Waals surface area contributed by atoms with Crippen LogP contribution in [0.3, 0.4) is 0 Å². The summed E-state index contributed by atoms with van der Waals surface area (Å²) in [6.07, 6.45) is 6.81. The summed E-state index contributed by atoms with van der Waals surface area (Å²) in [7, 11) is 0. The van der Waals surface area contributed by atoms with Crippen LogP contribution in [0.25, 0.3) is 0 Å². The number of allylic oxidation sites excluding steroid dienone is 2. The van der Waals surface area contributed by atoms with Crippen molar-refractivity contribution in [1.82, 2.24) is 4.90 Å². The maximum atomic E-state index is 12.3. The first-order chi connectivity index (χ1) is 10.2. The van der Waals surface area contributed by atoms with Gasteiger partial charge >= 0.3 is 0 Å². The summed E-state index contributed by atoms with van der Waals surface area (Å²) in [5.74, 6) is 3.01. The summed E-state index contributed by atoms with van der Waals surface area (Å²) >= 11 is 7.79. The molecule has 21 heavy (non-hydrogen) atoms. The Labute approximate surface area is 135 Å². The molecule has 4 heteroatoms. The Bertz CT molecular complexity index is 529. The molecular weight excluding hydrogens is 302 g/mol. The highest BCUT2D eigenvalue weighted by Crippen LogP contribution is 2.33. The van der Waals surface area contributed by atoms with Crippen LogP contribution < -0.4 is 0 Å². The summed E-state index contributed by atoms with van der Waals surface area (Å²) in [5.41, 5.74) is 1.11. The van der Waals surface area contributed by atoms with E-state index in [2.05, 4.69) is 17.1 Å². The molecule has 3 rings (SSSR count). The van der Waals surface area contributed by atoms with E-state index in [4.69, 9.17) is 11.6 Å². The molecule has 0 bridgehead atoms. The van der Waals surface area contributed by atoms with E-state index in [-0.39, 0.29) is 5.91 Å². The number of hydrogen-bond acceptors (Lipinski definition) is 2. The van der Waals surface area contributed by atoms with Crippen LogP contribution in [0, 0.1) is 11.8 Å². The molecule has 1 aliphatic carbocycles. The Morgan fingerprint density at radius 2 is 1.86 bits per heavy atom. The number of carbonyl (C=O) groups is 1. The fourth-order valence-corrected chi connectivity index (χ4v) is 4.39. The van der Waals surface area contributed by atoms with Crippen molar-refractivity contribution in [3.63, 3.8) is 0 Å². The lowest BCUT2D eigenvalue weighted by Crippen LogP contribution is -2.30. The summed E-state index contributed by atoms with van der Waals surface area (Å²) in [5, 5.41) is 0.788. The van der Waals surface area contributed by atoms with Crippen molar-refractivity contribution in [3.05, 3.63) is 47.0 Å². The normalized spacial score (nSPS) is 24.1. The molecule has 2 atom stereocenters. The van der Waals surface area contributed by atoms with Gasteiger partial charge < -0.3 is 4.90 Å². The zero-order valence-corrected chi connectivity index (χ0v) is 13.6. The fraction of sp³-hybridized carbons (Fsp3) is 0.471. The average molecular weight is 322 g/mol. The van der Waals surface area contributed by atoms with Crippen molar-refractivity contribution in [2.45, 2.75) is 18.6 Å². The summed E-state index contributed by atoms with van der Waals surface area (Å²) in [6.45, 7) is 1.89. The lowest BCUT2D eigenvalue weighted by Gasteiger charge is -2.17. The smallest absolute Gasteiger partial charge is 0.232 e. The molecule has 1 aromatic rings. The molecule has 2 nitrogen and oxygen atoms in total. The molecule has 0 aromatic heterocycles. The van der Waals surface area contributed by atoms with Gasteiger partial charge in [-0.05, 0) is 36.3 Å². The van der Waals surface area contributed by atoms with Crippen molar-refractivity contribution in [2.75, 3.05) is 18.8 Å². The van der Waals surface area contributed by atoms with Crippen LogP contribution in [0.2, 0.25) is 5.02 Å². The largest absolute Gasteiger partial charge is 0.341 e. The van der Waals surface area contributed by atoms with Gasteiger partial charge in [0.25, 0.3) is 0 Å². The number of amides is 1. The van der Waals surface area contributed by atoms with Gasteiger partial charge in [-0.25, -0.2) is 0 Å². The zero-order valence-electron chi connectivity index (χ0n) is 12.0. The number of thioether (sulfide) groups is 1. The maximum absolute atomic E-state index is 12.3. The van der Waals surface area contributed by atoms with Gasteiger partial charge in [-0.1, -0.05) is 42.0 Å². The highest BCUT2D eigenvalue weighted by Gasteiger charge is 2.34. The highest BCUT2D eigenvalue weighted by atomic mass is 35.5. The van der Waals surface area contributed by atoms with Crippen molar-refractivity contribution in [1.29, 1.82) is 0 Å². The number of likely N-dealkylation sites (tertiary alicyclic amines) is 1. The first-order valence-electron chi connectivity index (χ1n) is 7.48. The van der Waals surface area contributed by atoms with E-state index < -0.39 is 0 Å². The predicted octanol–water partition coefficient (Wildman–Crippen LogP) is 4.00. The van der Waals surface area contributed by atoms with Crippen molar-refractivity contribution < 1.29 is 4.79 Å². The van der Waals surface area contributed by atoms with Gasteiger partial charge in [0, 0.05) is 23.9 Å². The molecule has 0 N–H and O–H groups in total. The molecule has 1 heterocycles. The van der Waals surface area contributed by atoms with Gasteiger partial charge in [0.1, 0.15) is 0 Å². The van der Waals surface area contributed by atoms with Gasteiger partial charge in [-0.2, -0.15) is 0 Å². The predicted molar refractivity (Wildman–Crippen MR) is 89.5 cm³/mol. The topological polar surface area (TPSA) is 20.3 Å². The Morgan fingerprint density at radius 1 is 1.19 bits per heavy atom. The Kier molecular flexibility index (Phi) is 4.91. The van der Waals surface area contributed by atoms with Crippen molar-refractivity contribution in [3.8, 4) is 0 Å². The van der Waals surface area contributed by atoms with E-state index >= 15 is 0 Å². The van der Waals surface area contributed by atoms with Crippen LogP contribution in [0.5, 0.6) is 0 Å². The van der Waals surface area contributed by atoms with E-state index in [0.717, 1.165) is 42.3 Å². The van der Waals surface area contributed by atoms with Crippen molar-refractivity contribution >= 4 is 29.3 Å². The number of fused-ring (bicyclic) bond motifs is 1. The summed E-state index contributed by atoms with van der Waals surface area (Å²) in [6, 6.07) is 7.84. The molecule has 112 valence electrons. The van der Waals surface area contributed by atoms with E-state index in [0.29, 0.717) is 17.6 Å². The molecule has 1 amide bonds. The molecule has 0 unspecified atom stereocenters. The lowest BCUT2D eigenvalue weighted by atomic mass is 9.86. The van der Waals surface area contributed by atoms with Crippen LogP contribution in [-0.4, -0.2) is 29.6 Å². The van der Waals surface area contributed by atoms with Crippen LogP contribution in [0.1, 0.15) is 18.4 Å². The van der Waals surface area contributed by atoms with Gasteiger partial charge in [-0.3, -0.25) is 4.79 Å². The van der Waals surface area contributed by atoms with E-state index in [9.17, 15) is 4.79 Å². The Balaban J connectivity index is 1.46. The quantitative estimate of drug-likeness (QED) is 0.781. The molecule has 1 aromatic carbocycles. The Hall–Kier alpha value is -0.930. The monoisotopic (exact) mass is 321 g/mol. The lowest BCUT2D eigenvalue weighted by molar-refractivity contribution is -0.127. The SMILES string of the molecule is O=C(CSCc1ccccc1Cl)N1C[C@H]2CC=CC[C@H]2C1. The number of benzene rings is 1. The number of carbonyl (C=O) groups excluding carboxylic acids is 1. The molecule has 1 fully saturated rings. The summed E-state index contributed by atoms with van der Waals surface area (Å²) < 4.78 is 0. The molecule has 2 aliphatic rings. The second-order valence-electron chi connectivity index (χ2n) is 5.85. The van der Waals surface area contributed by atoms with Gasteiger partial charge in [-0.15, -0.1) is 11.8 Å². The summed E-state index contributed by atoms with van der Waals surface area (Å²) in [4.78, 5) is 14.4. The number of hydrogen-bond donors (Lipinski definition) is 0. The van der Waals surface area contributed by atoms with E-state index in [1.807, 2.05) is 24.3 Å². The maximum Gasteiger partial charge on any atom is 0.232 e. The second-order valence-corrected chi connectivity index (χ2v) is 7.24. The molecule has 1 saturated heterocycles. The molecule has 0 saturated carbocycles. The third-order valence-electron chi connectivity index (χ3n) is 4.41. The van der Waals surface area contributed by atoms with E-state index in [1.165, 1.54) is 0 Å². The Morgan fingerprint density at radius 3 is 2.52 bits per heavy atom. The highest BCUT2D eigenvalue weighted by molar-refractivity contribution is 7.99. The van der Waals surface area contributed by atoms with Gasteiger partial charge in [0.2, 0.25) is 5.91 Å². The van der Waals surface area contributed by atoms with Crippen LogP contribution in [0.15, 0.2) is 36.4 Å². The van der Waals surface area contributed by atoms with Gasteiger partial charge in [0.05, 0.1) is 5.75 Å². The minimum absolute atomic E-state index is 0.279.